The molecule has 0 aliphatic heterocycles. The van der Waals surface area contributed by atoms with E-state index in [4.69, 9.17) is 0 Å². The summed E-state index contributed by atoms with van der Waals surface area (Å²) in [6, 6.07) is 0. The Balaban J connectivity index is -0.0000000369. The predicted molar refractivity (Wildman–Crippen MR) is 81.1 cm³/mol. The molecular formula is C16H36Ru. The molecule has 0 radical (unpaired) electrons. The zero-order valence-electron chi connectivity index (χ0n) is 14.4. The van der Waals surface area contributed by atoms with Crippen LogP contribution in [0.4, 0.5) is 0 Å². The molecule has 0 atom stereocenters. The maximum absolute atomic E-state index is 2.08. The Labute approximate surface area is 126 Å². The fourth-order valence-electron chi connectivity index (χ4n) is 0. The third kappa shape index (κ3) is 9150. The van der Waals surface area contributed by atoms with Crippen molar-refractivity contribution in [1.29, 1.82) is 0 Å². The van der Waals surface area contributed by atoms with Gasteiger partial charge in [0.1, 0.15) is 0 Å². The molecule has 0 aromatic heterocycles. The summed E-state index contributed by atoms with van der Waals surface area (Å²) in [5.41, 5.74) is 0. The minimum absolute atomic E-state index is 0. The average Bonchev–Trinajstić information content (AvgIpc) is 1.76. The minimum atomic E-state index is 0. The molecule has 0 spiro atoms. The maximum Gasteiger partial charge on any atom is 4.00 e. The van der Waals surface area contributed by atoms with Gasteiger partial charge in [-0.3, -0.25) is 0 Å². The Kier molecular flexibility index (Phi) is 45.8. The van der Waals surface area contributed by atoms with E-state index in [1.54, 1.807) is 0 Å². The summed E-state index contributed by atoms with van der Waals surface area (Å²) in [6.45, 7) is 25.0. The first-order valence-electron chi connectivity index (χ1n) is 6.00. The van der Waals surface area contributed by atoms with Crippen LogP contribution >= 0.6 is 0 Å². The molecule has 0 aromatic carbocycles. The predicted octanol–water partition coefficient (Wildman–Crippen LogP) is 6.48. The fourth-order valence-corrected chi connectivity index (χ4v) is 0. The van der Waals surface area contributed by atoms with Crippen LogP contribution in [0.3, 0.4) is 0 Å². The van der Waals surface area contributed by atoms with Crippen molar-refractivity contribution in [2.45, 2.75) is 83.1 Å². The summed E-state index contributed by atoms with van der Waals surface area (Å²) >= 11 is 0. The fraction of sp³-hybridized carbons (Fsp3) is 0.750. The first-order chi connectivity index (χ1) is 6.93. The van der Waals surface area contributed by atoms with Crippen LogP contribution in [0.25, 0.3) is 0 Å². The van der Waals surface area contributed by atoms with Gasteiger partial charge in [0, 0.05) is 0 Å². The van der Waals surface area contributed by atoms with Crippen LogP contribution in [0.5, 0.6) is 0 Å². The molecule has 0 aromatic rings. The van der Waals surface area contributed by atoms with Crippen molar-refractivity contribution < 1.29 is 19.5 Å². The van der Waals surface area contributed by atoms with E-state index in [2.05, 4.69) is 83.1 Å². The molecule has 0 aliphatic carbocycles. The Morgan fingerprint density at radius 2 is 0.294 bits per heavy atom. The van der Waals surface area contributed by atoms with E-state index in [1.165, 1.54) is 23.7 Å². The van der Waals surface area contributed by atoms with Crippen LogP contribution in [0, 0.1) is 23.7 Å². The molecule has 0 saturated carbocycles. The van der Waals surface area contributed by atoms with E-state index >= 15 is 0 Å². The Hall–Kier alpha value is 0.623. The molecule has 1 heteroatoms. The van der Waals surface area contributed by atoms with E-state index in [0.717, 1.165) is 0 Å². The van der Waals surface area contributed by atoms with E-state index in [1.807, 2.05) is 0 Å². The van der Waals surface area contributed by atoms with Crippen molar-refractivity contribution in [2.24, 2.45) is 0 Å². The van der Waals surface area contributed by atoms with Gasteiger partial charge in [-0.25, -0.2) is 0 Å². The van der Waals surface area contributed by atoms with E-state index < -0.39 is 0 Å². The molecule has 0 N–H and O–H groups in total. The molecule has 0 fully saturated rings. The second kappa shape index (κ2) is 25.5. The Bertz CT molecular complexity index is 48.5. The largest absolute Gasteiger partial charge is 4.00 e. The topological polar surface area (TPSA) is 0 Å². The minimum Gasteiger partial charge on any atom is -0.323 e. The Morgan fingerprint density at radius 3 is 0.294 bits per heavy atom. The zero-order valence-corrected chi connectivity index (χ0v) is 16.1. The number of hydrogen-bond donors (Lipinski definition) is 0. The SMILES string of the molecule is C[C-](C)C.C[C-](C)C.C[C-](C)C.C[C-](C)C.[Ru+4]. The van der Waals surface area contributed by atoms with Crippen LogP contribution in [0.15, 0.2) is 0 Å². The number of hydrogen-bond acceptors (Lipinski definition) is 0. The van der Waals surface area contributed by atoms with Crippen LogP contribution in [-0.2, 0) is 19.5 Å². The first kappa shape index (κ1) is 30.6. The molecule has 0 aliphatic rings. The molecule has 0 bridgehead atoms. The van der Waals surface area contributed by atoms with Crippen molar-refractivity contribution >= 4 is 0 Å². The van der Waals surface area contributed by atoms with Crippen molar-refractivity contribution in [3.8, 4) is 0 Å². The molecular weight excluding hydrogens is 293 g/mol. The van der Waals surface area contributed by atoms with Gasteiger partial charge in [0.05, 0.1) is 0 Å². The van der Waals surface area contributed by atoms with Crippen LogP contribution in [-0.4, -0.2) is 0 Å². The van der Waals surface area contributed by atoms with E-state index in [-0.39, 0.29) is 19.5 Å². The first-order valence-corrected chi connectivity index (χ1v) is 6.00. The maximum atomic E-state index is 2.08. The van der Waals surface area contributed by atoms with Gasteiger partial charge < -0.3 is 23.7 Å². The monoisotopic (exact) mass is 330 g/mol. The van der Waals surface area contributed by atoms with Gasteiger partial charge in [0.15, 0.2) is 0 Å². The van der Waals surface area contributed by atoms with Gasteiger partial charge in [-0.05, 0) is 0 Å². The van der Waals surface area contributed by atoms with E-state index in [0.29, 0.717) is 0 Å². The van der Waals surface area contributed by atoms with Crippen LogP contribution in [0.1, 0.15) is 83.1 Å². The summed E-state index contributed by atoms with van der Waals surface area (Å²) in [6.07, 6.45) is 0. The van der Waals surface area contributed by atoms with Gasteiger partial charge in [-0.1, -0.05) is 0 Å². The molecule has 0 amide bonds. The smallest absolute Gasteiger partial charge is 0.323 e. The van der Waals surface area contributed by atoms with Crippen molar-refractivity contribution in [3.05, 3.63) is 23.7 Å². The molecule has 108 valence electrons. The van der Waals surface area contributed by atoms with Crippen molar-refractivity contribution in [3.63, 3.8) is 0 Å². The Morgan fingerprint density at radius 1 is 0.294 bits per heavy atom. The van der Waals surface area contributed by atoms with Crippen molar-refractivity contribution in [1.82, 2.24) is 0 Å². The van der Waals surface area contributed by atoms with Gasteiger partial charge in [-0.15, -0.1) is 0 Å². The van der Waals surface area contributed by atoms with E-state index in [9.17, 15) is 0 Å². The van der Waals surface area contributed by atoms with Gasteiger partial charge >= 0.3 is 19.5 Å². The average molecular weight is 330 g/mol. The van der Waals surface area contributed by atoms with Gasteiger partial charge in [-0.2, -0.15) is 83.1 Å². The summed E-state index contributed by atoms with van der Waals surface area (Å²) in [5, 5.41) is 0. The quantitative estimate of drug-likeness (QED) is 0.352. The van der Waals surface area contributed by atoms with Gasteiger partial charge in [0.25, 0.3) is 0 Å². The van der Waals surface area contributed by atoms with Crippen molar-refractivity contribution in [2.75, 3.05) is 0 Å². The second-order valence-corrected chi connectivity index (χ2v) is 6.00. The zero-order chi connectivity index (χ0) is 14.3. The second-order valence-electron chi connectivity index (χ2n) is 6.00. The third-order valence-corrected chi connectivity index (χ3v) is 0. The standard InChI is InChI=1S/4C4H9.Ru/c4*1-4(2)3;/h4*1-3H3;/q4*-1;+4. The summed E-state index contributed by atoms with van der Waals surface area (Å²) in [5.74, 6) is 5.67. The summed E-state index contributed by atoms with van der Waals surface area (Å²) in [7, 11) is 0. The molecule has 0 rings (SSSR count). The normalized spacial score (nSPS) is 8.47. The number of rotatable bonds is 0. The molecule has 17 heavy (non-hydrogen) atoms. The molecule has 0 heterocycles. The summed E-state index contributed by atoms with van der Waals surface area (Å²) < 4.78 is 0. The summed E-state index contributed by atoms with van der Waals surface area (Å²) in [4.78, 5) is 0. The molecule has 0 saturated heterocycles. The molecule has 0 nitrogen and oxygen atoms in total. The van der Waals surface area contributed by atoms with Gasteiger partial charge in [0.2, 0.25) is 0 Å². The van der Waals surface area contributed by atoms with Crippen LogP contribution in [0.2, 0.25) is 0 Å². The third-order valence-electron chi connectivity index (χ3n) is 0. The molecule has 0 unspecified atom stereocenters. The van der Waals surface area contributed by atoms with Crippen LogP contribution < -0.4 is 0 Å².